The molecule has 2 unspecified atom stereocenters. The molecule has 3 aromatic rings. The Labute approximate surface area is 248 Å². The number of ether oxygens (including phenoxy) is 3. The molecule has 4 aliphatic heterocycles. The number of likely N-dealkylation sites (N-methyl/N-ethyl adjacent to an activating group) is 1. The minimum atomic E-state index is -4.95. The predicted molar refractivity (Wildman–Crippen MR) is 148 cm³/mol. The molecule has 0 radical (unpaired) electrons. The first-order valence-corrected chi connectivity index (χ1v) is 14.4. The second-order valence-corrected chi connectivity index (χ2v) is 12.1. The van der Waals surface area contributed by atoms with Crippen molar-refractivity contribution in [3.8, 4) is 23.1 Å². The zero-order valence-electron chi connectivity index (χ0n) is 23.1. The van der Waals surface area contributed by atoms with Gasteiger partial charge in [-0.2, -0.15) is 23.1 Å². The van der Waals surface area contributed by atoms with E-state index >= 15 is 4.39 Å². The van der Waals surface area contributed by atoms with Crippen LogP contribution in [-0.2, 0) is 10.9 Å². The Balaban J connectivity index is 1.42. The molecule has 0 amide bonds. The Hall–Kier alpha value is -3.23. The highest BCUT2D eigenvalue weighted by Gasteiger charge is 2.49. The number of nitrogen functional groups attached to an aromatic ring is 1. The third-order valence-corrected chi connectivity index (χ3v) is 9.12. The standard InChI is InChI=1S/C28H28ClF5N6O3/c1-39-11-18-17(3-6-41-18)43-25-19-23(21(31)22(36-25)15-7-14(35)8-16(29)20(15)28(32,33)34)37-26(38-24(19)39)42-12-27-4-2-5-40(27)10-13(30)9-27/h7-8,13,17-18H,2-6,9-12,35H2,1H3/t13-,17?,18?,27+/m1/s1. The highest BCUT2D eigenvalue weighted by molar-refractivity contribution is 6.32. The van der Waals surface area contributed by atoms with Crippen molar-refractivity contribution in [2.24, 2.45) is 0 Å². The third-order valence-electron chi connectivity index (χ3n) is 8.82. The Morgan fingerprint density at radius 3 is 2.79 bits per heavy atom. The van der Waals surface area contributed by atoms with Gasteiger partial charge in [0.15, 0.2) is 5.82 Å². The summed E-state index contributed by atoms with van der Waals surface area (Å²) >= 11 is 5.99. The van der Waals surface area contributed by atoms with Gasteiger partial charge in [-0.25, -0.2) is 13.8 Å². The number of nitrogens with two attached hydrogens (primary N) is 1. The van der Waals surface area contributed by atoms with Crippen molar-refractivity contribution < 1.29 is 36.2 Å². The summed E-state index contributed by atoms with van der Waals surface area (Å²) in [6.07, 6.45) is -4.42. The summed E-state index contributed by atoms with van der Waals surface area (Å²) in [5.74, 6) is -1.09. The number of aromatic nitrogens is 3. The summed E-state index contributed by atoms with van der Waals surface area (Å²) in [5.41, 5.74) is 2.23. The molecule has 7 rings (SSSR count). The number of hydrogen-bond acceptors (Lipinski definition) is 9. The van der Waals surface area contributed by atoms with Crippen LogP contribution in [0.2, 0.25) is 5.02 Å². The topological polar surface area (TPSA) is 98.9 Å². The lowest BCUT2D eigenvalue weighted by Crippen LogP contribution is -2.43. The molecule has 1 aromatic carbocycles. The van der Waals surface area contributed by atoms with Crippen LogP contribution in [0.15, 0.2) is 12.1 Å². The Kier molecular flexibility index (Phi) is 6.74. The van der Waals surface area contributed by atoms with Crippen LogP contribution in [0.25, 0.3) is 22.2 Å². The summed E-state index contributed by atoms with van der Waals surface area (Å²) in [7, 11) is 1.73. The van der Waals surface area contributed by atoms with Crippen LogP contribution in [0.5, 0.6) is 11.9 Å². The normalized spacial score (nSPS) is 27.1. The Bertz CT molecular complexity index is 1610. The number of alkyl halides is 4. The van der Waals surface area contributed by atoms with Crippen LogP contribution in [0.3, 0.4) is 0 Å². The van der Waals surface area contributed by atoms with Gasteiger partial charge in [-0.3, -0.25) is 4.90 Å². The summed E-state index contributed by atoms with van der Waals surface area (Å²) in [6.45, 7) is 1.86. The largest absolute Gasteiger partial charge is 0.471 e. The fourth-order valence-corrected chi connectivity index (χ4v) is 7.23. The molecule has 15 heteroatoms. The Morgan fingerprint density at radius 2 is 2.00 bits per heavy atom. The van der Waals surface area contributed by atoms with E-state index in [0.29, 0.717) is 32.5 Å². The number of benzene rings is 1. The van der Waals surface area contributed by atoms with E-state index in [1.807, 2.05) is 0 Å². The van der Waals surface area contributed by atoms with Crippen LogP contribution in [0.1, 0.15) is 31.2 Å². The van der Waals surface area contributed by atoms with Crippen LogP contribution in [-0.4, -0.2) is 83.7 Å². The van der Waals surface area contributed by atoms with Crippen molar-refractivity contribution in [1.29, 1.82) is 0 Å². The quantitative estimate of drug-likeness (QED) is 0.316. The molecule has 0 bridgehead atoms. The molecular weight excluding hydrogens is 599 g/mol. The van der Waals surface area contributed by atoms with E-state index in [2.05, 4.69) is 19.9 Å². The maximum absolute atomic E-state index is 16.5. The van der Waals surface area contributed by atoms with Gasteiger partial charge in [-0.1, -0.05) is 11.6 Å². The lowest BCUT2D eigenvalue weighted by Gasteiger charge is -2.32. The molecule has 3 saturated heterocycles. The van der Waals surface area contributed by atoms with E-state index in [1.54, 1.807) is 11.9 Å². The second kappa shape index (κ2) is 10.2. The molecular formula is C28H28ClF5N6O3. The molecule has 9 nitrogen and oxygen atoms in total. The SMILES string of the molecule is CN1CC2OCCC2Oc2nc(-c3cc(N)cc(Cl)c3C(F)(F)F)c(F)c3nc(OC[C@@]45CCCN4C[C@H](F)C5)nc1c23. The number of anilines is 2. The van der Waals surface area contributed by atoms with Crippen molar-refractivity contribution in [3.05, 3.63) is 28.5 Å². The molecule has 3 fully saturated rings. The number of rotatable bonds is 4. The highest BCUT2D eigenvalue weighted by Crippen LogP contribution is 2.47. The van der Waals surface area contributed by atoms with Gasteiger partial charge in [0.2, 0.25) is 5.88 Å². The van der Waals surface area contributed by atoms with E-state index in [4.69, 9.17) is 31.5 Å². The van der Waals surface area contributed by atoms with Crippen LogP contribution >= 0.6 is 11.6 Å². The van der Waals surface area contributed by atoms with E-state index in [1.165, 1.54) is 0 Å². The number of hydrogen-bond donors (Lipinski definition) is 1. The molecule has 4 aliphatic rings. The van der Waals surface area contributed by atoms with Crippen LogP contribution < -0.4 is 20.1 Å². The molecule has 6 heterocycles. The second-order valence-electron chi connectivity index (χ2n) is 11.7. The number of halogens is 6. The predicted octanol–water partition coefficient (Wildman–Crippen LogP) is 5.03. The molecule has 0 aliphatic carbocycles. The van der Waals surface area contributed by atoms with Crippen molar-refractivity contribution in [3.63, 3.8) is 0 Å². The van der Waals surface area contributed by atoms with Crippen LogP contribution in [0, 0.1) is 5.82 Å². The zero-order chi connectivity index (χ0) is 30.3. The van der Waals surface area contributed by atoms with Crippen LogP contribution in [0.4, 0.5) is 33.5 Å². The first kappa shape index (κ1) is 28.5. The van der Waals surface area contributed by atoms with Crippen molar-refractivity contribution in [2.45, 2.75) is 55.8 Å². The van der Waals surface area contributed by atoms with Gasteiger partial charge < -0.3 is 24.8 Å². The van der Waals surface area contributed by atoms with Crippen molar-refractivity contribution in [1.82, 2.24) is 19.9 Å². The third kappa shape index (κ3) is 4.78. The van der Waals surface area contributed by atoms with Gasteiger partial charge in [0.25, 0.3) is 0 Å². The van der Waals surface area contributed by atoms with Gasteiger partial charge in [0.05, 0.1) is 22.7 Å². The molecule has 2 aromatic heterocycles. The number of nitrogens with zero attached hydrogens (tertiary/aromatic N) is 5. The summed E-state index contributed by atoms with van der Waals surface area (Å²) in [4.78, 5) is 17.0. The number of fused-ring (bicyclic) bond motifs is 2. The average molecular weight is 627 g/mol. The maximum atomic E-state index is 16.5. The van der Waals surface area contributed by atoms with E-state index in [-0.39, 0.29) is 40.9 Å². The molecule has 4 atom stereocenters. The summed E-state index contributed by atoms with van der Waals surface area (Å²) in [5, 5.41) is -0.623. The number of pyridine rings is 1. The minimum absolute atomic E-state index is 0.0713. The van der Waals surface area contributed by atoms with E-state index < -0.39 is 57.8 Å². The van der Waals surface area contributed by atoms with E-state index in [0.717, 1.165) is 31.5 Å². The highest BCUT2D eigenvalue weighted by atomic mass is 35.5. The minimum Gasteiger partial charge on any atom is -0.471 e. The molecule has 0 spiro atoms. The van der Waals surface area contributed by atoms with Gasteiger partial charge in [0, 0.05) is 44.2 Å². The lowest BCUT2D eigenvalue weighted by atomic mass is 9.95. The Morgan fingerprint density at radius 1 is 1.19 bits per heavy atom. The average Bonchev–Trinajstić information content (AvgIpc) is 3.60. The van der Waals surface area contributed by atoms with Crippen molar-refractivity contribution in [2.75, 3.05) is 50.5 Å². The smallest absolute Gasteiger partial charge is 0.418 e. The molecule has 0 saturated carbocycles. The van der Waals surface area contributed by atoms with Crippen molar-refractivity contribution >= 4 is 34.0 Å². The fourth-order valence-electron chi connectivity index (χ4n) is 6.89. The first-order chi connectivity index (χ1) is 20.4. The van der Waals surface area contributed by atoms with Gasteiger partial charge in [-0.15, -0.1) is 0 Å². The van der Waals surface area contributed by atoms with E-state index in [9.17, 15) is 17.6 Å². The fraction of sp³-hybridized carbons (Fsp3) is 0.536. The van der Waals surface area contributed by atoms with Gasteiger partial charge >= 0.3 is 12.2 Å². The lowest BCUT2D eigenvalue weighted by molar-refractivity contribution is -0.137. The van der Waals surface area contributed by atoms with Gasteiger partial charge in [-0.05, 0) is 31.5 Å². The monoisotopic (exact) mass is 626 g/mol. The molecule has 43 heavy (non-hydrogen) atoms. The molecule has 230 valence electrons. The summed E-state index contributed by atoms with van der Waals surface area (Å²) in [6, 6.07) is 1.71. The molecule has 2 N–H and O–H groups in total. The summed E-state index contributed by atoms with van der Waals surface area (Å²) < 4.78 is 91.6. The first-order valence-electron chi connectivity index (χ1n) is 14.0. The zero-order valence-corrected chi connectivity index (χ0v) is 23.8. The van der Waals surface area contributed by atoms with Gasteiger partial charge in [0.1, 0.15) is 47.4 Å². The maximum Gasteiger partial charge on any atom is 0.418 e.